The maximum Gasteiger partial charge on any atom is 0.209 e. The van der Waals surface area contributed by atoms with E-state index in [1.165, 1.54) is 69.2 Å². The van der Waals surface area contributed by atoms with E-state index in [4.69, 9.17) is 0 Å². The van der Waals surface area contributed by atoms with Crippen molar-refractivity contribution in [2.75, 3.05) is 6.54 Å². The quantitative estimate of drug-likeness (QED) is 0.396. The summed E-state index contributed by atoms with van der Waals surface area (Å²) in [5, 5.41) is 0. The molecule has 1 aromatic rings. The van der Waals surface area contributed by atoms with Gasteiger partial charge < -0.3 is 0 Å². The Kier molecular flexibility index (Phi) is 6.02. The van der Waals surface area contributed by atoms with Crippen LogP contribution in [0.1, 0.15) is 77.7 Å². The van der Waals surface area contributed by atoms with E-state index >= 15 is 0 Å². The van der Waals surface area contributed by atoms with Crippen molar-refractivity contribution < 1.29 is 4.58 Å². The van der Waals surface area contributed by atoms with Gasteiger partial charge in [0.1, 0.15) is 6.54 Å². The van der Waals surface area contributed by atoms with Gasteiger partial charge in [-0.1, -0.05) is 63.6 Å². The average molecular weight is 286 g/mol. The maximum atomic E-state index is 2.48. The van der Waals surface area contributed by atoms with Gasteiger partial charge >= 0.3 is 0 Å². The van der Waals surface area contributed by atoms with Crippen LogP contribution in [-0.2, 0) is 5.41 Å². The summed E-state index contributed by atoms with van der Waals surface area (Å²) in [7, 11) is 0. The summed E-state index contributed by atoms with van der Waals surface area (Å²) < 4.78 is 2.48. The molecule has 1 nitrogen and oxygen atoms in total. The van der Waals surface area contributed by atoms with Gasteiger partial charge in [-0.15, -0.1) is 0 Å². The van der Waals surface area contributed by atoms with Crippen LogP contribution in [0.15, 0.2) is 24.3 Å². The molecule has 0 atom stereocenters. The Morgan fingerprint density at radius 3 is 2.19 bits per heavy atom. The van der Waals surface area contributed by atoms with Gasteiger partial charge in [-0.05, 0) is 20.3 Å². The second kappa shape index (κ2) is 7.77. The van der Waals surface area contributed by atoms with Crippen LogP contribution in [-0.4, -0.2) is 17.3 Å². The normalized spacial score (nSPS) is 15.9. The highest BCUT2D eigenvalue weighted by molar-refractivity contribution is 5.76. The third-order valence-electron chi connectivity index (χ3n) is 4.64. The molecule has 1 heterocycles. The van der Waals surface area contributed by atoms with Crippen molar-refractivity contribution in [1.82, 2.24) is 0 Å². The molecule has 0 fully saturated rings. The second-order valence-corrected chi connectivity index (χ2v) is 7.04. The number of nitrogens with zero attached hydrogens (tertiary/aromatic N) is 1. The average Bonchev–Trinajstić information content (AvgIpc) is 2.74. The molecular weight excluding hydrogens is 254 g/mol. The molecule has 0 bridgehead atoms. The molecule has 0 radical (unpaired) electrons. The van der Waals surface area contributed by atoms with Crippen LogP contribution in [0, 0.1) is 0 Å². The molecule has 2 rings (SSSR count). The van der Waals surface area contributed by atoms with Gasteiger partial charge in [-0.3, -0.25) is 0 Å². The summed E-state index contributed by atoms with van der Waals surface area (Å²) in [6.07, 6.45) is 13.5. The number of para-hydroxylation sites is 1. The van der Waals surface area contributed by atoms with Crippen LogP contribution in [0.5, 0.6) is 0 Å². The fraction of sp³-hybridized carbons (Fsp3) is 0.650. The van der Waals surface area contributed by atoms with E-state index < -0.39 is 0 Å². The van der Waals surface area contributed by atoms with Crippen LogP contribution in [0.4, 0.5) is 5.69 Å². The predicted molar refractivity (Wildman–Crippen MR) is 92.9 cm³/mol. The first-order chi connectivity index (χ1) is 10.1. The van der Waals surface area contributed by atoms with Gasteiger partial charge in [-0.25, -0.2) is 4.58 Å². The second-order valence-electron chi connectivity index (χ2n) is 7.04. The van der Waals surface area contributed by atoms with E-state index in [2.05, 4.69) is 55.8 Å². The van der Waals surface area contributed by atoms with E-state index in [1.807, 2.05) is 0 Å². The minimum absolute atomic E-state index is 0.191. The lowest BCUT2D eigenvalue weighted by molar-refractivity contribution is -0.434. The number of unbranched alkanes of at least 4 members (excludes halogenated alkanes) is 7. The topological polar surface area (TPSA) is 3.01 Å². The van der Waals surface area contributed by atoms with Crippen LogP contribution < -0.4 is 0 Å². The van der Waals surface area contributed by atoms with Crippen molar-refractivity contribution in [2.24, 2.45) is 0 Å². The van der Waals surface area contributed by atoms with Gasteiger partial charge in [0.05, 0.1) is 5.41 Å². The monoisotopic (exact) mass is 286 g/mol. The van der Waals surface area contributed by atoms with Crippen molar-refractivity contribution in [3.05, 3.63) is 29.8 Å². The fourth-order valence-electron chi connectivity index (χ4n) is 3.40. The van der Waals surface area contributed by atoms with Gasteiger partial charge in [-0.2, -0.15) is 0 Å². The molecule has 1 aliphatic rings. The smallest absolute Gasteiger partial charge is 0.202 e. The first-order valence-corrected chi connectivity index (χ1v) is 8.87. The lowest BCUT2D eigenvalue weighted by atomic mass is 9.87. The third kappa shape index (κ3) is 4.43. The molecule has 0 unspecified atom stereocenters. The Morgan fingerprint density at radius 1 is 0.857 bits per heavy atom. The molecule has 0 aliphatic carbocycles. The van der Waals surface area contributed by atoms with E-state index in [0.29, 0.717) is 0 Å². The zero-order valence-corrected chi connectivity index (χ0v) is 14.2. The molecule has 0 amide bonds. The summed E-state index contributed by atoms with van der Waals surface area (Å²) >= 11 is 0. The standard InChI is InChI=1S/C20H32N/c1-4-5-6-7-8-9-10-13-16-21-17-20(2,3)18-14-11-12-15-19(18)21/h11-12,14-15,17H,4-10,13,16H2,1-3H3/q+1. The van der Waals surface area contributed by atoms with Gasteiger partial charge in [0, 0.05) is 18.1 Å². The van der Waals surface area contributed by atoms with Crippen LogP contribution in [0.3, 0.4) is 0 Å². The lowest BCUT2D eigenvalue weighted by Crippen LogP contribution is -2.17. The van der Waals surface area contributed by atoms with Crippen molar-refractivity contribution in [2.45, 2.75) is 77.6 Å². The maximum absolute atomic E-state index is 2.48. The molecule has 0 spiro atoms. The first-order valence-electron chi connectivity index (χ1n) is 8.87. The lowest BCUT2D eigenvalue weighted by Gasteiger charge is -2.09. The summed E-state index contributed by atoms with van der Waals surface area (Å²) in [6.45, 7) is 8.10. The molecule has 1 heteroatoms. The van der Waals surface area contributed by atoms with Crippen molar-refractivity contribution in [3.63, 3.8) is 0 Å². The summed E-state index contributed by atoms with van der Waals surface area (Å²) in [6, 6.07) is 8.87. The van der Waals surface area contributed by atoms with Gasteiger partial charge in [0.2, 0.25) is 5.69 Å². The van der Waals surface area contributed by atoms with Gasteiger partial charge in [0.15, 0.2) is 6.21 Å². The van der Waals surface area contributed by atoms with E-state index in [0.717, 1.165) is 0 Å². The number of benzene rings is 1. The Bertz CT molecular complexity index is 470. The molecule has 116 valence electrons. The predicted octanol–water partition coefficient (Wildman–Crippen LogP) is 5.83. The molecule has 0 saturated heterocycles. The number of hydrogen-bond acceptors (Lipinski definition) is 0. The molecule has 0 saturated carbocycles. The van der Waals surface area contributed by atoms with E-state index in [-0.39, 0.29) is 5.41 Å². The summed E-state index contributed by atoms with van der Waals surface area (Å²) in [5.41, 5.74) is 3.09. The minimum atomic E-state index is 0.191. The molecule has 1 aromatic carbocycles. The number of hydrogen-bond donors (Lipinski definition) is 0. The van der Waals surface area contributed by atoms with Crippen LogP contribution in [0.25, 0.3) is 0 Å². The Hall–Kier alpha value is -1.11. The zero-order valence-electron chi connectivity index (χ0n) is 14.2. The van der Waals surface area contributed by atoms with Gasteiger partial charge in [0.25, 0.3) is 0 Å². The van der Waals surface area contributed by atoms with E-state index in [9.17, 15) is 0 Å². The van der Waals surface area contributed by atoms with Crippen molar-refractivity contribution in [3.8, 4) is 0 Å². The Balaban J connectivity index is 1.72. The Labute approximate surface area is 131 Å². The van der Waals surface area contributed by atoms with Crippen LogP contribution >= 0.6 is 0 Å². The molecule has 1 aliphatic heterocycles. The molecule has 0 aromatic heterocycles. The highest BCUT2D eigenvalue weighted by Crippen LogP contribution is 2.35. The molecule has 0 N–H and O–H groups in total. The van der Waals surface area contributed by atoms with Crippen LogP contribution in [0.2, 0.25) is 0 Å². The SMILES string of the molecule is CCCCCCCCCC[N+]1=CC(C)(C)c2ccccc21. The summed E-state index contributed by atoms with van der Waals surface area (Å²) in [4.78, 5) is 0. The summed E-state index contributed by atoms with van der Waals surface area (Å²) in [5.74, 6) is 0. The van der Waals surface area contributed by atoms with Crippen molar-refractivity contribution in [1.29, 1.82) is 0 Å². The van der Waals surface area contributed by atoms with Crippen molar-refractivity contribution >= 4 is 11.9 Å². The largest absolute Gasteiger partial charge is 0.209 e. The third-order valence-corrected chi connectivity index (χ3v) is 4.64. The number of rotatable bonds is 9. The molecule has 21 heavy (non-hydrogen) atoms. The molecular formula is C20H32N+. The minimum Gasteiger partial charge on any atom is -0.202 e. The zero-order chi connectivity index (χ0) is 15.1. The number of fused-ring (bicyclic) bond motifs is 1. The fourth-order valence-corrected chi connectivity index (χ4v) is 3.40. The first kappa shape index (κ1) is 16.3. The highest BCUT2D eigenvalue weighted by Gasteiger charge is 2.36. The Morgan fingerprint density at radius 2 is 1.48 bits per heavy atom. The highest BCUT2D eigenvalue weighted by atomic mass is 15.0. The van der Waals surface area contributed by atoms with E-state index in [1.54, 1.807) is 0 Å².